The Balaban J connectivity index is 1.95. The number of ether oxygens (including phenoxy) is 2. The molecule has 2 atom stereocenters. The number of carbonyl (C=O) groups is 2. The number of rotatable bonds is 10. The Morgan fingerprint density at radius 2 is 1.68 bits per heavy atom. The van der Waals surface area contributed by atoms with Crippen molar-refractivity contribution in [2.45, 2.75) is 50.8 Å². The number of esters is 1. The summed E-state index contributed by atoms with van der Waals surface area (Å²) in [5, 5.41) is 2.70. The van der Waals surface area contributed by atoms with Crippen molar-refractivity contribution in [1.29, 1.82) is 0 Å². The zero-order valence-electron chi connectivity index (χ0n) is 18.0. The van der Waals surface area contributed by atoms with Crippen LogP contribution in [0.15, 0.2) is 53.4 Å². The van der Waals surface area contributed by atoms with Gasteiger partial charge in [0.05, 0.1) is 17.6 Å². The maximum Gasteiger partial charge on any atom is 0.338 e. The molecule has 0 aliphatic heterocycles. The number of sulfonamides is 1. The summed E-state index contributed by atoms with van der Waals surface area (Å²) in [6.45, 7) is 5.33. The molecule has 2 rings (SSSR count). The summed E-state index contributed by atoms with van der Waals surface area (Å²) in [5.41, 5.74) is 0.937. The Hall–Kier alpha value is -2.91. The lowest BCUT2D eigenvalue weighted by Crippen LogP contribution is -2.35. The second-order valence-electron chi connectivity index (χ2n) is 7.03. The minimum absolute atomic E-state index is 0.0481. The van der Waals surface area contributed by atoms with Gasteiger partial charge in [-0.05, 0) is 50.6 Å². The van der Waals surface area contributed by atoms with Crippen molar-refractivity contribution in [1.82, 2.24) is 10.0 Å². The first-order valence-corrected chi connectivity index (χ1v) is 11.4. The number of para-hydroxylation sites is 1. The van der Waals surface area contributed by atoms with Gasteiger partial charge in [-0.2, -0.15) is 0 Å². The van der Waals surface area contributed by atoms with Crippen molar-refractivity contribution < 1.29 is 27.5 Å². The van der Waals surface area contributed by atoms with Gasteiger partial charge in [0.2, 0.25) is 10.0 Å². The summed E-state index contributed by atoms with van der Waals surface area (Å²) >= 11 is 0. The standard InChI is InChI=1S/C22H28N2O6S/c1-5-15(2)24-31(27,28)19-12-10-17(11-13-19)22(26)30-16(3)21(25)23-14-18-8-6-7-9-20(18)29-4/h6-13,15-16,24H,5,14H2,1-4H3,(H,23,25). The molecule has 168 valence electrons. The first-order chi connectivity index (χ1) is 14.7. The highest BCUT2D eigenvalue weighted by Crippen LogP contribution is 2.17. The molecule has 2 aromatic rings. The Morgan fingerprint density at radius 3 is 2.29 bits per heavy atom. The van der Waals surface area contributed by atoms with Gasteiger partial charge < -0.3 is 14.8 Å². The van der Waals surface area contributed by atoms with E-state index in [9.17, 15) is 18.0 Å². The van der Waals surface area contributed by atoms with Crippen molar-refractivity contribution in [2.24, 2.45) is 0 Å². The first-order valence-electron chi connectivity index (χ1n) is 9.91. The van der Waals surface area contributed by atoms with Crippen LogP contribution in [0.5, 0.6) is 5.75 Å². The fraction of sp³-hybridized carbons (Fsp3) is 0.364. The lowest BCUT2D eigenvalue weighted by Gasteiger charge is -2.15. The Morgan fingerprint density at radius 1 is 1.03 bits per heavy atom. The predicted octanol–water partition coefficient (Wildman–Crippen LogP) is 2.63. The van der Waals surface area contributed by atoms with Crippen LogP contribution in [-0.2, 0) is 26.1 Å². The van der Waals surface area contributed by atoms with Gasteiger partial charge in [-0.15, -0.1) is 0 Å². The van der Waals surface area contributed by atoms with Crippen LogP contribution in [0, 0.1) is 0 Å². The largest absolute Gasteiger partial charge is 0.496 e. The summed E-state index contributed by atoms with van der Waals surface area (Å²) in [6, 6.07) is 12.4. The lowest BCUT2D eigenvalue weighted by atomic mass is 10.2. The molecule has 2 unspecified atom stereocenters. The third kappa shape index (κ3) is 6.80. The van der Waals surface area contributed by atoms with E-state index >= 15 is 0 Å². The van der Waals surface area contributed by atoms with Crippen molar-refractivity contribution in [3.63, 3.8) is 0 Å². The maximum atomic E-state index is 12.3. The van der Waals surface area contributed by atoms with Gasteiger partial charge in [-0.3, -0.25) is 4.79 Å². The number of methoxy groups -OCH3 is 1. The minimum atomic E-state index is -3.67. The smallest absolute Gasteiger partial charge is 0.338 e. The Labute approximate surface area is 183 Å². The molecule has 0 aliphatic carbocycles. The fourth-order valence-electron chi connectivity index (χ4n) is 2.64. The fourth-order valence-corrected chi connectivity index (χ4v) is 3.97. The summed E-state index contributed by atoms with van der Waals surface area (Å²) in [7, 11) is -2.12. The number of hydrogen-bond donors (Lipinski definition) is 2. The van der Waals surface area contributed by atoms with Crippen LogP contribution < -0.4 is 14.8 Å². The summed E-state index contributed by atoms with van der Waals surface area (Å²) in [4.78, 5) is 24.7. The van der Waals surface area contributed by atoms with E-state index in [1.54, 1.807) is 20.1 Å². The van der Waals surface area contributed by atoms with Gasteiger partial charge in [0.1, 0.15) is 5.75 Å². The highest BCUT2D eigenvalue weighted by molar-refractivity contribution is 7.89. The van der Waals surface area contributed by atoms with Crippen molar-refractivity contribution in [2.75, 3.05) is 7.11 Å². The molecular formula is C22H28N2O6S. The molecule has 0 aromatic heterocycles. The van der Waals surface area contributed by atoms with Gasteiger partial charge in [0, 0.05) is 18.2 Å². The summed E-state index contributed by atoms with van der Waals surface area (Å²) in [5.74, 6) is -0.541. The average Bonchev–Trinajstić information content (AvgIpc) is 2.77. The lowest BCUT2D eigenvalue weighted by molar-refractivity contribution is -0.129. The van der Waals surface area contributed by atoms with Crippen LogP contribution in [0.25, 0.3) is 0 Å². The molecule has 0 radical (unpaired) electrons. The molecule has 0 fully saturated rings. The average molecular weight is 449 g/mol. The highest BCUT2D eigenvalue weighted by Gasteiger charge is 2.21. The molecular weight excluding hydrogens is 420 g/mol. The van der Waals surface area contributed by atoms with Crippen LogP contribution in [0.3, 0.4) is 0 Å². The number of hydrogen-bond acceptors (Lipinski definition) is 6. The van der Waals surface area contributed by atoms with Crippen molar-refractivity contribution >= 4 is 21.9 Å². The minimum Gasteiger partial charge on any atom is -0.496 e. The van der Waals surface area contributed by atoms with E-state index in [0.717, 1.165) is 5.56 Å². The second-order valence-corrected chi connectivity index (χ2v) is 8.75. The van der Waals surface area contributed by atoms with E-state index in [1.165, 1.54) is 31.2 Å². The highest BCUT2D eigenvalue weighted by atomic mass is 32.2. The van der Waals surface area contributed by atoms with Crippen molar-refractivity contribution in [3.8, 4) is 5.75 Å². The second kappa shape index (κ2) is 10.9. The van der Waals surface area contributed by atoms with E-state index in [-0.39, 0.29) is 23.0 Å². The Kier molecular flexibility index (Phi) is 8.58. The SMILES string of the molecule is CCC(C)NS(=O)(=O)c1ccc(C(=O)OC(C)C(=O)NCc2ccccc2OC)cc1. The van der Waals surface area contributed by atoms with E-state index in [2.05, 4.69) is 10.0 Å². The zero-order valence-corrected chi connectivity index (χ0v) is 18.9. The number of nitrogens with one attached hydrogen (secondary N) is 2. The summed E-state index contributed by atoms with van der Waals surface area (Å²) in [6.07, 6.45) is -0.377. The van der Waals surface area contributed by atoms with E-state index in [4.69, 9.17) is 9.47 Å². The van der Waals surface area contributed by atoms with Crippen LogP contribution >= 0.6 is 0 Å². The molecule has 0 saturated carbocycles. The number of carbonyl (C=O) groups excluding carboxylic acids is 2. The van der Waals surface area contributed by atoms with Crippen LogP contribution in [0.2, 0.25) is 0 Å². The van der Waals surface area contributed by atoms with Gasteiger partial charge in [-0.25, -0.2) is 17.9 Å². The normalized spacial score (nSPS) is 13.2. The van der Waals surface area contributed by atoms with Gasteiger partial charge in [0.25, 0.3) is 5.91 Å². The van der Waals surface area contributed by atoms with Crippen LogP contribution in [-0.4, -0.2) is 39.5 Å². The molecule has 0 heterocycles. The molecule has 2 N–H and O–H groups in total. The quantitative estimate of drug-likeness (QED) is 0.541. The molecule has 0 saturated heterocycles. The summed E-state index contributed by atoms with van der Waals surface area (Å²) < 4.78 is 37.6. The van der Waals surface area contributed by atoms with Gasteiger partial charge in [0.15, 0.2) is 6.10 Å². The van der Waals surface area contributed by atoms with Crippen molar-refractivity contribution in [3.05, 3.63) is 59.7 Å². The molecule has 31 heavy (non-hydrogen) atoms. The number of benzene rings is 2. The third-order valence-electron chi connectivity index (χ3n) is 4.67. The molecule has 2 aromatic carbocycles. The van der Waals surface area contributed by atoms with E-state index in [0.29, 0.717) is 12.2 Å². The van der Waals surface area contributed by atoms with E-state index < -0.39 is 28.0 Å². The van der Waals surface area contributed by atoms with Gasteiger partial charge >= 0.3 is 5.97 Å². The molecule has 0 spiro atoms. The monoisotopic (exact) mass is 448 g/mol. The number of amides is 1. The molecule has 9 heteroatoms. The first kappa shape index (κ1) is 24.4. The maximum absolute atomic E-state index is 12.3. The topological polar surface area (TPSA) is 111 Å². The molecule has 0 aliphatic rings. The molecule has 1 amide bonds. The van der Waals surface area contributed by atoms with E-state index in [1.807, 2.05) is 25.1 Å². The predicted molar refractivity (Wildman–Crippen MR) is 116 cm³/mol. The molecule has 0 bridgehead atoms. The zero-order chi connectivity index (χ0) is 23.0. The van der Waals surface area contributed by atoms with Crippen LogP contribution in [0.1, 0.15) is 43.1 Å². The van der Waals surface area contributed by atoms with Gasteiger partial charge in [-0.1, -0.05) is 25.1 Å². The molecule has 8 nitrogen and oxygen atoms in total. The van der Waals surface area contributed by atoms with Crippen LogP contribution in [0.4, 0.5) is 0 Å². The third-order valence-corrected chi connectivity index (χ3v) is 6.27. The Bertz CT molecular complexity index is 1000.